The maximum atomic E-state index is 12.7. The maximum absolute atomic E-state index is 12.7. The number of nitrogens with one attached hydrogen (secondary N) is 3. The number of aromatic nitrogens is 2. The van der Waals surface area contributed by atoms with Crippen molar-refractivity contribution in [3.8, 4) is 0 Å². The molecule has 9 nitrogen and oxygen atoms in total. The monoisotopic (exact) mass is 376 g/mol. The normalized spacial score (nSPS) is 20.2. The first-order valence-corrected chi connectivity index (χ1v) is 8.98. The zero-order valence-electron chi connectivity index (χ0n) is 14.5. The smallest absolute Gasteiger partial charge is 0.256 e. The molecule has 3 aliphatic rings. The minimum absolute atomic E-state index is 0.235. The average Bonchev–Trinajstić information content (AvgIpc) is 3.05. The Morgan fingerprint density at radius 1 is 1.35 bits per heavy atom. The third kappa shape index (κ3) is 3.33. The number of aryl methyl sites for hydroxylation is 1. The first kappa shape index (κ1) is 17.1. The molecule has 138 valence electrons. The number of amidine groups is 1. The first-order chi connectivity index (χ1) is 12.6. The topological polar surface area (TPSA) is 89.8 Å². The Morgan fingerprint density at radius 2 is 2.23 bits per heavy atom. The summed E-state index contributed by atoms with van der Waals surface area (Å²) in [4.78, 5) is 19.7. The Balaban J connectivity index is 1.57. The van der Waals surface area contributed by atoms with E-state index < -0.39 is 0 Å². The average molecular weight is 377 g/mol. The standard InChI is InChI=1S/C16H21ClN8O/c1-23-10-12(14(17)22-23)20-16(26)11-9-19-25-7-3-13(21-15(11)25)24-6-2-4-18-5-8-24/h3,7,10,18-19H,2,4-6,8-9H2,1H3,(H,20,26). The lowest BCUT2D eigenvalue weighted by Gasteiger charge is -2.27. The minimum atomic E-state index is -0.235. The van der Waals surface area contributed by atoms with Gasteiger partial charge in [-0.2, -0.15) is 5.10 Å². The van der Waals surface area contributed by atoms with Gasteiger partial charge in [0.2, 0.25) is 0 Å². The molecular weight excluding hydrogens is 356 g/mol. The van der Waals surface area contributed by atoms with Crippen LogP contribution in [0.25, 0.3) is 0 Å². The summed E-state index contributed by atoms with van der Waals surface area (Å²) < 4.78 is 1.56. The van der Waals surface area contributed by atoms with Gasteiger partial charge in [-0.3, -0.25) is 14.5 Å². The molecule has 1 aromatic heterocycles. The highest BCUT2D eigenvalue weighted by Crippen LogP contribution is 2.24. The highest BCUT2D eigenvalue weighted by molar-refractivity contribution is 6.32. The van der Waals surface area contributed by atoms with E-state index in [1.54, 1.807) is 22.9 Å². The van der Waals surface area contributed by atoms with Crippen molar-refractivity contribution in [2.75, 3.05) is 38.0 Å². The summed E-state index contributed by atoms with van der Waals surface area (Å²) >= 11 is 6.03. The number of fused-ring (bicyclic) bond motifs is 1. The van der Waals surface area contributed by atoms with Crippen LogP contribution in [0.5, 0.6) is 0 Å². The fourth-order valence-corrected chi connectivity index (χ4v) is 3.39. The summed E-state index contributed by atoms with van der Waals surface area (Å²) in [5, 5.41) is 12.3. The molecule has 0 aromatic carbocycles. The van der Waals surface area contributed by atoms with Crippen LogP contribution in [0.15, 0.2) is 34.9 Å². The molecule has 26 heavy (non-hydrogen) atoms. The predicted octanol–water partition coefficient (Wildman–Crippen LogP) is 0.265. The molecule has 4 rings (SSSR count). The number of carbonyl (C=O) groups excluding carboxylic acids is 1. The van der Waals surface area contributed by atoms with Crippen LogP contribution in [0.2, 0.25) is 5.15 Å². The quantitative estimate of drug-likeness (QED) is 0.686. The lowest BCUT2D eigenvalue weighted by molar-refractivity contribution is -0.112. The molecule has 1 amide bonds. The third-order valence-corrected chi connectivity index (χ3v) is 4.77. The molecule has 0 bridgehead atoms. The molecular formula is C16H21ClN8O. The Labute approximate surface area is 156 Å². The van der Waals surface area contributed by atoms with Crippen LogP contribution in [0.3, 0.4) is 0 Å². The van der Waals surface area contributed by atoms with Gasteiger partial charge < -0.3 is 15.5 Å². The summed E-state index contributed by atoms with van der Waals surface area (Å²) in [5.74, 6) is 1.27. The van der Waals surface area contributed by atoms with Crippen LogP contribution in [-0.4, -0.2) is 64.2 Å². The number of carbonyl (C=O) groups is 1. The second-order valence-electron chi connectivity index (χ2n) is 6.34. The van der Waals surface area contributed by atoms with Crippen molar-refractivity contribution in [2.24, 2.45) is 12.0 Å². The molecule has 3 aliphatic heterocycles. The van der Waals surface area contributed by atoms with Gasteiger partial charge in [0.05, 0.1) is 11.3 Å². The van der Waals surface area contributed by atoms with Crippen molar-refractivity contribution in [3.63, 3.8) is 0 Å². The largest absolute Gasteiger partial charge is 0.355 e. The van der Waals surface area contributed by atoms with Crippen LogP contribution in [0.1, 0.15) is 6.42 Å². The highest BCUT2D eigenvalue weighted by atomic mass is 35.5. The number of hydrazine groups is 1. The van der Waals surface area contributed by atoms with Gasteiger partial charge in [0.25, 0.3) is 5.91 Å². The molecule has 1 saturated heterocycles. The van der Waals surface area contributed by atoms with E-state index in [2.05, 4.69) is 26.1 Å². The van der Waals surface area contributed by atoms with Gasteiger partial charge in [-0.15, -0.1) is 0 Å². The van der Waals surface area contributed by atoms with Crippen molar-refractivity contribution >= 4 is 29.0 Å². The molecule has 4 heterocycles. The van der Waals surface area contributed by atoms with Crippen LogP contribution in [-0.2, 0) is 11.8 Å². The molecule has 3 N–H and O–H groups in total. The molecule has 1 aromatic rings. The van der Waals surface area contributed by atoms with Crippen LogP contribution >= 0.6 is 11.6 Å². The van der Waals surface area contributed by atoms with Gasteiger partial charge in [-0.1, -0.05) is 11.6 Å². The summed E-state index contributed by atoms with van der Waals surface area (Å²) in [6.07, 6.45) is 6.62. The van der Waals surface area contributed by atoms with E-state index in [1.807, 2.05) is 12.3 Å². The molecule has 1 fully saturated rings. The van der Waals surface area contributed by atoms with Crippen molar-refractivity contribution in [3.05, 3.63) is 35.0 Å². The molecule has 0 unspecified atom stereocenters. The van der Waals surface area contributed by atoms with Crippen molar-refractivity contribution in [1.29, 1.82) is 0 Å². The van der Waals surface area contributed by atoms with Crippen LogP contribution in [0.4, 0.5) is 5.69 Å². The van der Waals surface area contributed by atoms with Crippen molar-refractivity contribution in [1.82, 2.24) is 30.4 Å². The number of hydrogen-bond acceptors (Lipinski definition) is 7. The van der Waals surface area contributed by atoms with Crippen molar-refractivity contribution < 1.29 is 4.79 Å². The van der Waals surface area contributed by atoms with E-state index in [0.29, 0.717) is 23.6 Å². The number of amides is 1. The van der Waals surface area contributed by atoms with E-state index in [4.69, 9.17) is 16.6 Å². The number of rotatable bonds is 2. The van der Waals surface area contributed by atoms with E-state index in [1.165, 1.54) is 0 Å². The molecule has 10 heteroatoms. The summed E-state index contributed by atoms with van der Waals surface area (Å²) in [6, 6.07) is 0. The number of aliphatic imine (C=N–C) groups is 1. The third-order valence-electron chi connectivity index (χ3n) is 4.49. The Kier molecular flexibility index (Phi) is 4.66. The summed E-state index contributed by atoms with van der Waals surface area (Å²) in [7, 11) is 1.75. The summed E-state index contributed by atoms with van der Waals surface area (Å²) in [5.41, 5.74) is 4.21. The number of nitrogens with zero attached hydrogens (tertiary/aromatic N) is 5. The Morgan fingerprint density at radius 3 is 3.04 bits per heavy atom. The van der Waals surface area contributed by atoms with E-state index >= 15 is 0 Å². The van der Waals surface area contributed by atoms with Gasteiger partial charge in [0.15, 0.2) is 11.0 Å². The second-order valence-corrected chi connectivity index (χ2v) is 6.70. The second kappa shape index (κ2) is 7.10. The molecule has 0 aliphatic carbocycles. The molecule has 0 radical (unpaired) electrons. The van der Waals surface area contributed by atoms with Gasteiger partial charge in [-0.05, 0) is 19.0 Å². The maximum Gasteiger partial charge on any atom is 0.256 e. The van der Waals surface area contributed by atoms with Gasteiger partial charge in [0.1, 0.15) is 5.84 Å². The Bertz CT molecular complexity index is 803. The highest BCUT2D eigenvalue weighted by Gasteiger charge is 2.29. The first-order valence-electron chi connectivity index (χ1n) is 8.61. The number of anilines is 1. The minimum Gasteiger partial charge on any atom is -0.355 e. The fourth-order valence-electron chi connectivity index (χ4n) is 3.17. The van der Waals surface area contributed by atoms with Crippen molar-refractivity contribution in [2.45, 2.75) is 6.42 Å². The van der Waals surface area contributed by atoms with Gasteiger partial charge >= 0.3 is 0 Å². The zero-order chi connectivity index (χ0) is 18.1. The Hall–Kier alpha value is -2.36. The zero-order valence-corrected chi connectivity index (χ0v) is 15.3. The van der Waals surface area contributed by atoms with Gasteiger partial charge in [-0.25, -0.2) is 10.4 Å². The number of halogens is 1. The van der Waals surface area contributed by atoms with E-state index in [-0.39, 0.29) is 11.1 Å². The van der Waals surface area contributed by atoms with E-state index in [9.17, 15) is 4.79 Å². The lowest BCUT2D eigenvalue weighted by Crippen LogP contribution is -2.36. The van der Waals surface area contributed by atoms with E-state index in [0.717, 1.165) is 38.4 Å². The number of hydrogen-bond donors (Lipinski definition) is 3. The molecule has 0 atom stereocenters. The lowest BCUT2D eigenvalue weighted by atomic mass is 10.2. The van der Waals surface area contributed by atoms with Crippen LogP contribution in [0, 0.1) is 0 Å². The molecule has 0 saturated carbocycles. The predicted molar refractivity (Wildman–Crippen MR) is 99.4 cm³/mol. The van der Waals surface area contributed by atoms with Gasteiger partial charge in [0, 0.05) is 45.6 Å². The fraction of sp³-hybridized carbons (Fsp3) is 0.438. The molecule has 0 spiro atoms. The summed E-state index contributed by atoms with van der Waals surface area (Å²) in [6.45, 7) is 4.20. The van der Waals surface area contributed by atoms with Crippen LogP contribution < -0.4 is 16.1 Å². The SMILES string of the molecule is Cn1cc(NC(=O)C2=C3N=C(N4CCCNCC4)C=CN3NC2)c(Cl)n1.